The summed E-state index contributed by atoms with van der Waals surface area (Å²) in [6.45, 7) is 3.17. The van der Waals surface area contributed by atoms with Gasteiger partial charge in [0.05, 0.1) is 13.2 Å². The largest absolute Gasteiger partial charge is 0.477 e. The molecule has 1 aliphatic rings. The molecule has 0 radical (unpaired) electrons. The standard InChI is InChI=1S/C20H26N4O/c1-2-13-25-19-16(9-6-12-22-19)14-23-20(21)24-18-11-5-8-15-7-3-4-10-17(15)18/h5-6,8-9,11-12H,2-4,7,10,13-14H2,1H3,(H3,21,23,24). The van der Waals surface area contributed by atoms with Gasteiger partial charge in [-0.05, 0) is 55.4 Å². The van der Waals surface area contributed by atoms with Crippen molar-refractivity contribution in [3.8, 4) is 5.88 Å². The number of nitrogens with two attached hydrogens (primary N) is 1. The summed E-state index contributed by atoms with van der Waals surface area (Å²) in [6.07, 6.45) is 7.43. The topological polar surface area (TPSA) is 72.5 Å². The summed E-state index contributed by atoms with van der Waals surface area (Å²) in [7, 11) is 0. The highest BCUT2D eigenvalue weighted by Crippen LogP contribution is 2.27. The third-order valence-corrected chi connectivity index (χ3v) is 4.37. The summed E-state index contributed by atoms with van der Waals surface area (Å²) in [5.74, 6) is 1.06. The molecule has 0 amide bonds. The van der Waals surface area contributed by atoms with Gasteiger partial charge in [0.1, 0.15) is 0 Å². The van der Waals surface area contributed by atoms with Crippen LogP contribution in [0.1, 0.15) is 42.9 Å². The smallest absolute Gasteiger partial charge is 0.218 e. The second-order valence-corrected chi connectivity index (χ2v) is 6.29. The molecule has 3 rings (SSSR count). The molecule has 1 aromatic heterocycles. The number of nitrogens with one attached hydrogen (secondary N) is 1. The number of aliphatic imine (C=N–C) groups is 1. The molecule has 25 heavy (non-hydrogen) atoms. The van der Waals surface area contributed by atoms with E-state index in [1.807, 2.05) is 12.1 Å². The Morgan fingerprint density at radius 1 is 1.24 bits per heavy atom. The van der Waals surface area contributed by atoms with Crippen LogP contribution in [0.25, 0.3) is 0 Å². The van der Waals surface area contributed by atoms with Crippen LogP contribution in [-0.2, 0) is 19.4 Å². The number of aryl methyl sites for hydroxylation is 1. The molecule has 0 spiro atoms. The SMILES string of the molecule is CCCOc1ncccc1CN=C(N)Nc1cccc2c1CCCC2. The van der Waals surface area contributed by atoms with Gasteiger partial charge >= 0.3 is 0 Å². The van der Waals surface area contributed by atoms with E-state index in [2.05, 4.69) is 40.4 Å². The van der Waals surface area contributed by atoms with Gasteiger partial charge in [-0.3, -0.25) is 0 Å². The number of hydrogen-bond acceptors (Lipinski definition) is 3. The lowest BCUT2D eigenvalue weighted by atomic mass is 9.90. The van der Waals surface area contributed by atoms with Gasteiger partial charge in [-0.2, -0.15) is 0 Å². The highest BCUT2D eigenvalue weighted by atomic mass is 16.5. The van der Waals surface area contributed by atoms with E-state index in [1.165, 1.54) is 24.0 Å². The number of guanidine groups is 1. The molecular formula is C20H26N4O. The molecule has 0 fully saturated rings. The first-order valence-corrected chi connectivity index (χ1v) is 9.02. The normalized spacial score (nSPS) is 14.0. The maximum atomic E-state index is 6.11. The number of benzene rings is 1. The summed E-state index contributed by atoms with van der Waals surface area (Å²) in [5.41, 5.74) is 10.9. The van der Waals surface area contributed by atoms with E-state index < -0.39 is 0 Å². The minimum atomic E-state index is 0.421. The molecule has 0 atom stereocenters. The van der Waals surface area contributed by atoms with Crippen LogP contribution in [0.4, 0.5) is 5.69 Å². The van der Waals surface area contributed by atoms with E-state index in [9.17, 15) is 0 Å². The molecule has 5 heteroatoms. The van der Waals surface area contributed by atoms with Crippen molar-refractivity contribution in [3.63, 3.8) is 0 Å². The first-order valence-electron chi connectivity index (χ1n) is 9.02. The Morgan fingerprint density at radius 3 is 3.00 bits per heavy atom. The van der Waals surface area contributed by atoms with Crippen LogP contribution in [0.3, 0.4) is 0 Å². The molecule has 132 valence electrons. The minimum absolute atomic E-state index is 0.421. The van der Waals surface area contributed by atoms with E-state index in [0.717, 1.165) is 30.5 Å². The van der Waals surface area contributed by atoms with Gasteiger partial charge in [-0.25, -0.2) is 9.98 Å². The van der Waals surface area contributed by atoms with Crippen molar-refractivity contribution in [2.24, 2.45) is 10.7 Å². The molecule has 0 saturated carbocycles. The van der Waals surface area contributed by atoms with Gasteiger partial charge in [0.25, 0.3) is 0 Å². The number of pyridine rings is 1. The quantitative estimate of drug-likeness (QED) is 0.622. The van der Waals surface area contributed by atoms with Crippen molar-refractivity contribution < 1.29 is 4.74 Å². The van der Waals surface area contributed by atoms with Crippen molar-refractivity contribution in [2.45, 2.75) is 45.6 Å². The fourth-order valence-electron chi connectivity index (χ4n) is 3.12. The van der Waals surface area contributed by atoms with Gasteiger partial charge in [0, 0.05) is 17.4 Å². The second kappa shape index (κ2) is 8.51. The maximum absolute atomic E-state index is 6.11. The zero-order valence-electron chi connectivity index (χ0n) is 14.8. The van der Waals surface area contributed by atoms with Crippen LogP contribution in [0.2, 0.25) is 0 Å². The molecule has 0 saturated heterocycles. The first kappa shape index (κ1) is 17.3. The van der Waals surface area contributed by atoms with Crippen molar-refractivity contribution >= 4 is 11.6 Å². The van der Waals surface area contributed by atoms with Crippen LogP contribution >= 0.6 is 0 Å². The Bertz CT molecular complexity index is 742. The van der Waals surface area contributed by atoms with E-state index in [1.54, 1.807) is 6.20 Å². The fraction of sp³-hybridized carbons (Fsp3) is 0.400. The third-order valence-electron chi connectivity index (χ3n) is 4.37. The Balaban J connectivity index is 1.69. The Morgan fingerprint density at radius 2 is 2.12 bits per heavy atom. The molecule has 0 unspecified atom stereocenters. The summed E-state index contributed by atoms with van der Waals surface area (Å²) < 4.78 is 5.67. The third kappa shape index (κ3) is 4.50. The number of fused-ring (bicyclic) bond motifs is 1. The predicted molar refractivity (Wildman–Crippen MR) is 102 cm³/mol. The average molecular weight is 338 g/mol. The number of rotatable bonds is 6. The van der Waals surface area contributed by atoms with Gasteiger partial charge in [0.15, 0.2) is 5.96 Å². The number of aromatic nitrogens is 1. The number of anilines is 1. The van der Waals surface area contributed by atoms with Crippen LogP contribution in [0.5, 0.6) is 5.88 Å². The van der Waals surface area contributed by atoms with E-state index in [-0.39, 0.29) is 0 Å². The van der Waals surface area contributed by atoms with Crippen molar-refractivity contribution in [1.29, 1.82) is 0 Å². The minimum Gasteiger partial charge on any atom is -0.477 e. The molecule has 1 aliphatic carbocycles. The monoisotopic (exact) mass is 338 g/mol. The van der Waals surface area contributed by atoms with Crippen molar-refractivity contribution in [1.82, 2.24) is 4.98 Å². The van der Waals surface area contributed by atoms with Gasteiger partial charge in [-0.15, -0.1) is 0 Å². The Kier molecular flexibility index (Phi) is 5.88. The van der Waals surface area contributed by atoms with Gasteiger partial charge in [0.2, 0.25) is 5.88 Å². The summed E-state index contributed by atoms with van der Waals surface area (Å²) >= 11 is 0. The van der Waals surface area contributed by atoms with Crippen molar-refractivity contribution in [3.05, 3.63) is 53.2 Å². The van der Waals surface area contributed by atoms with Crippen LogP contribution in [-0.4, -0.2) is 17.6 Å². The second-order valence-electron chi connectivity index (χ2n) is 6.29. The predicted octanol–water partition coefficient (Wildman–Crippen LogP) is 3.68. The fourth-order valence-corrected chi connectivity index (χ4v) is 3.12. The molecule has 1 heterocycles. The number of ether oxygens (including phenoxy) is 1. The van der Waals surface area contributed by atoms with Gasteiger partial charge < -0.3 is 15.8 Å². The highest BCUT2D eigenvalue weighted by Gasteiger charge is 2.13. The first-order chi connectivity index (χ1) is 12.3. The zero-order valence-corrected chi connectivity index (χ0v) is 14.8. The molecule has 0 aliphatic heterocycles. The molecule has 3 N–H and O–H groups in total. The van der Waals surface area contributed by atoms with Crippen LogP contribution in [0, 0.1) is 0 Å². The number of nitrogens with zero attached hydrogens (tertiary/aromatic N) is 2. The van der Waals surface area contributed by atoms with E-state index >= 15 is 0 Å². The van der Waals surface area contributed by atoms with Crippen LogP contribution < -0.4 is 15.8 Å². The number of hydrogen-bond donors (Lipinski definition) is 2. The lowest BCUT2D eigenvalue weighted by Crippen LogP contribution is -2.24. The Labute approximate surface area is 149 Å². The molecular weight excluding hydrogens is 312 g/mol. The lowest BCUT2D eigenvalue weighted by Gasteiger charge is -2.19. The molecule has 1 aromatic carbocycles. The molecule has 0 bridgehead atoms. The summed E-state index contributed by atoms with van der Waals surface area (Å²) in [6, 6.07) is 10.2. The average Bonchev–Trinajstić information content (AvgIpc) is 2.65. The molecule has 5 nitrogen and oxygen atoms in total. The maximum Gasteiger partial charge on any atom is 0.218 e. The van der Waals surface area contributed by atoms with Gasteiger partial charge in [-0.1, -0.05) is 25.1 Å². The summed E-state index contributed by atoms with van der Waals surface area (Å²) in [4.78, 5) is 8.75. The van der Waals surface area contributed by atoms with Crippen molar-refractivity contribution in [2.75, 3.05) is 11.9 Å². The van der Waals surface area contributed by atoms with E-state index in [4.69, 9.17) is 10.5 Å². The summed E-state index contributed by atoms with van der Waals surface area (Å²) in [5, 5.41) is 3.27. The van der Waals surface area contributed by atoms with E-state index in [0.29, 0.717) is 25.0 Å². The molecule has 2 aromatic rings. The lowest BCUT2D eigenvalue weighted by molar-refractivity contribution is 0.302. The Hall–Kier alpha value is -2.56. The zero-order chi connectivity index (χ0) is 17.5. The van der Waals surface area contributed by atoms with Crippen LogP contribution in [0.15, 0.2) is 41.5 Å². The highest BCUT2D eigenvalue weighted by molar-refractivity contribution is 5.93.